The molecule has 106 valence electrons. The van der Waals surface area contributed by atoms with Crippen LogP contribution in [0.5, 0.6) is 0 Å². The fourth-order valence-electron chi connectivity index (χ4n) is 1.53. The molecule has 2 amide bonds. The van der Waals surface area contributed by atoms with Gasteiger partial charge in [-0.15, -0.1) is 0 Å². The largest absolute Gasteiger partial charge is 0.480 e. The summed E-state index contributed by atoms with van der Waals surface area (Å²) >= 11 is 5.79. The van der Waals surface area contributed by atoms with Crippen LogP contribution in [0.1, 0.15) is 19.4 Å². The van der Waals surface area contributed by atoms with Gasteiger partial charge in [0.05, 0.1) is 11.3 Å². The Labute approximate surface area is 121 Å². The van der Waals surface area contributed by atoms with E-state index in [1.807, 2.05) is 6.07 Å². The van der Waals surface area contributed by atoms with Gasteiger partial charge in [0.2, 0.25) is 0 Å². The maximum absolute atomic E-state index is 11.8. The molecular formula is C13H14ClN3O3. The summed E-state index contributed by atoms with van der Waals surface area (Å²) in [4.78, 5) is 22.8. The van der Waals surface area contributed by atoms with Gasteiger partial charge >= 0.3 is 12.0 Å². The Balaban J connectivity index is 2.84. The van der Waals surface area contributed by atoms with Crippen LogP contribution >= 0.6 is 11.6 Å². The normalized spacial score (nSPS) is 11.6. The summed E-state index contributed by atoms with van der Waals surface area (Å²) in [6.07, 6.45) is 0. The van der Waals surface area contributed by atoms with Crippen LogP contribution in [0.25, 0.3) is 0 Å². The molecule has 0 aromatic heterocycles. The van der Waals surface area contributed by atoms with Crippen molar-refractivity contribution in [3.8, 4) is 6.07 Å². The highest BCUT2D eigenvalue weighted by Gasteiger charge is 2.23. The predicted octanol–water partition coefficient (Wildman–Crippen LogP) is 2.44. The monoisotopic (exact) mass is 295 g/mol. The molecule has 7 heteroatoms. The lowest BCUT2D eigenvalue weighted by atomic mass is 10.1. The van der Waals surface area contributed by atoms with Gasteiger partial charge in [-0.3, -0.25) is 0 Å². The maximum atomic E-state index is 11.8. The van der Waals surface area contributed by atoms with Crippen LogP contribution in [-0.2, 0) is 4.79 Å². The molecule has 0 saturated carbocycles. The summed E-state index contributed by atoms with van der Waals surface area (Å²) in [7, 11) is 0. The number of carboxylic acid groups (broad SMARTS) is 1. The smallest absolute Gasteiger partial charge is 0.326 e. The van der Waals surface area contributed by atoms with Crippen molar-refractivity contribution in [3.63, 3.8) is 0 Å². The highest BCUT2D eigenvalue weighted by molar-refractivity contribution is 6.31. The number of anilines is 1. The zero-order valence-corrected chi connectivity index (χ0v) is 11.7. The molecule has 1 aromatic carbocycles. The van der Waals surface area contributed by atoms with Gasteiger partial charge in [0.25, 0.3) is 0 Å². The van der Waals surface area contributed by atoms with Gasteiger partial charge in [-0.05, 0) is 24.1 Å². The van der Waals surface area contributed by atoms with E-state index in [0.29, 0.717) is 5.02 Å². The molecule has 0 fully saturated rings. The number of halogens is 1. The van der Waals surface area contributed by atoms with E-state index in [1.165, 1.54) is 18.2 Å². The summed E-state index contributed by atoms with van der Waals surface area (Å²) in [5.74, 6) is -1.39. The van der Waals surface area contributed by atoms with E-state index in [1.54, 1.807) is 13.8 Å². The van der Waals surface area contributed by atoms with Gasteiger partial charge in [0.1, 0.15) is 12.1 Å². The van der Waals surface area contributed by atoms with Crippen LogP contribution in [0.4, 0.5) is 10.5 Å². The standard InChI is InChI=1S/C13H14ClN3O3/c1-7(2)11(12(18)19)17-13(20)16-10-5-9(14)4-3-8(10)6-15/h3-5,7,11H,1-2H3,(H,18,19)(H2,16,17,20)/t11-/m1/s1. The number of nitrogens with one attached hydrogen (secondary N) is 2. The van der Waals surface area contributed by atoms with Gasteiger partial charge in [0.15, 0.2) is 0 Å². The van der Waals surface area contributed by atoms with Gasteiger partial charge < -0.3 is 15.7 Å². The molecule has 0 bridgehead atoms. The molecular weight excluding hydrogens is 282 g/mol. The fourth-order valence-corrected chi connectivity index (χ4v) is 1.70. The zero-order chi connectivity index (χ0) is 15.3. The number of carboxylic acids is 1. The average Bonchev–Trinajstić information content (AvgIpc) is 2.35. The van der Waals surface area contributed by atoms with E-state index in [-0.39, 0.29) is 17.2 Å². The second kappa shape index (κ2) is 6.78. The van der Waals surface area contributed by atoms with Crippen LogP contribution in [0.2, 0.25) is 5.02 Å². The lowest BCUT2D eigenvalue weighted by Crippen LogP contribution is -2.46. The molecule has 0 radical (unpaired) electrons. The van der Waals surface area contributed by atoms with Crippen molar-refractivity contribution in [2.24, 2.45) is 5.92 Å². The van der Waals surface area contributed by atoms with Crippen LogP contribution in [0.3, 0.4) is 0 Å². The maximum Gasteiger partial charge on any atom is 0.326 e. The van der Waals surface area contributed by atoms with E-state index in [0.717, 1.165) is 0 Å². The minimum atomic E-state index is -1.12. The Morgan fingerprint density at radius 3 is 2.55 bits per heavy atom. The number of amides is 2. The second-order valence-electron chi connectivity index (χ2n) is 4.46. The van der Waals surface area contributed by atoms with Crippen molar-refractivity contribution in [1.29, 1.82) is 5.26 Å². The van der Waals surface area contributed by atoms with Gasteiger partial charge in [-0.2, -0.15) is 5.26 Å². The third-order valence-electron chi connectivity index (χ3n) is 2.57. The van der Waals surface area contributed by atoms with Crippen LogP contribution in [0, 0.1) is 17.2 Å². The lowest BCUT2D eigenvalue weighted by molar-refractivity contribution is -0.140. The van der Waals surface area contributed by atoms with E-state index < -0.39 is 18.0 Å². The quantitative estimate of drug-likeness (QED) is 0.794. The average molecular weight is 296 g/mol. The number of nitrogens with zero attached hydrogens (tertiary/aromatic N) is 1. The third kappa shape index (κ3) is 4.14. The summed E-state index contributed by atoms with van der Waals surface area (Å²) < 4.78 is 0. The molecule has 1 rings (SSSR count). The highest BCUT2D eigenvalue weighted by atomic mass is 35.5. The van der Waals surface area contributed by atoms with E-state index in [9.17, 15) is 9.59 Å². The first kappa shape index (κ1) is 15.8. The molecule has 3 N–H and O–H groups in total. The highest BCUT2D eigenvalue weighted by Crippen LogP contribution is 2.20. The van der Waals surface area contributed by atoms with Crippen molar-refractivity contribution in [3.05, 3.63) is 28.8 Å². The number of hydrogen-bond acceptors (Lipinski definition) is 3. The van der Waals surface area contributed by atoms with Crippen molar-refractivity contribution >= 4 is 29.3 Å². The van der Waals surface area contributed by atoms with Gasteiger partial charge in [-0.1, -0.05) is 25.4 Å². The number of hydrogen-bond donors (Lipinski definition) is 3. The first-order valence-corrected chi connectivity index (χ1v) is 6.23. The Morgan fingerprint density at radius 2 is 2.05 bits per heavy atom. The number of benzene rings is 1. The Hall–Kier alpha value is -2.26. The van der Waals surface area contributed by atoms with E-state index >= 15 is 0 Å². The Morgan fingerprint density at radius 1 is 1.40 bits per heavy atom. The van der Waals surface area contributed by atoms with E-state index in [2.05, 4.69) is 10.6 Å². The predicted molar refractivity (Wildman–Crippen MR) is 74.6 cm³/mol. The number of aliphatic carboxylic acids is 1. The number of nitriles is 1. The Bertz CT molecular complexity index is 566. The molecule has 0 aliphatic rings. The molecule has 0 aliphatic carbocycles. The SMILES string of the molecule is CC(C)[C@@H](NC(=O)Nc1cc(Cl)ccc1C#N)C(=O)O. The molecule has 0 unspecified atom stereocenters. The molecule has 0 saturated heterocycles. The number of carbonyl (C=O) groups excluding carboxylic acids is 1. The molecule has 1 aromatic rings. The van der Waals surface area contributed by atoms with Crippen LogP contribution in [-0.4, -0.2) is 23.1 Å². The number of carbonyl (C=O) groups is 2. The topological polar surface area (TPSA) is 102 Å². The molecule has 0 heterocycles. The minimum Gasteiger partial charge on any atom is -0.480 e. The summed E-state index contributed by atoms with van der Waals surface area (Å²) in [5.41, 5.74) is 0.464. The van der Waals surface area contributed by atoms with Crippen LogP contribution < -0.4 is 10.6 Å². The first-order chi connectivity index (χ1) is 9.35. The first-order valence-electron chi connectivity index (χ1n) is 5.85. The van der Waals surface area contributed by atoms with Crippen LogP contribution in [0.15, 0.2) is 18.2 Å². The summed E-state index contributed by atoms with van der Waals surface area (Å²) in [6, 6.07) is 4.61. The molecule has 0 aliphatic heterocycles. The molecule has 1 atom stereocenters. The van der Waals surface area contributed by atoms with Crippen molar-refractivity contribution in [2.75, 3.05) is 5.32 Å². The minimum absolute atomic E-state index is 0.227. The fraction of sp³-hybridized carbons (Fsp3) is 0.308. The van der Waals surface area contributed by atoms with Gasteiger partial charge in [-0.25, -0.2) is 9.59 Å². The lowest BCUT2D eigenvalue weighted by Gasteiger charge is -2.18. The van der Waals surface area contributed by atoms with Crippen molar-refractivity contribution < 1.29 is 14.7 Å². The Kier molecular flexibility index (Phi) is 5.35. The number of rotatable bonds is 4. The van der Waals surface area contributed by atoms with Crippen molar-refractivity contribution in [1.82, 2.24) is 5.32 Å². The summed E-state index contributed by atoms with van der Waals surface area (Å²) in [5, 5.41) is 23.0. The summed E-state index contributed by atoms with van der Waals surface area (Å²) in [6.45, 7) is 3.36. The third-order valence-corrected chi connectivity index (χ3v) is 2.80. The second-order valence-corrected chi connectivity index (χ2v) is 4.90. The van der Waals surface area contributed by atoms with E-state index in [4.69, 9.17) is 22.0 Å². The molecule has 20 heavy (non-hydrogen) atoms. The zero-order valence-electron chi connectivity index (χ0n) is 11.0. The van der Waals surface area contributed by atoms with Crippen molar-refractivity contribution in [2.45, 2.75) is 19.9 Å². The molecule has 6 nitrogen and oxygen atoms in total. The molecule has 0 spiro atoms. The van der Waals surface area contributed by atoms with Gasteiger partial charge in [0, 0.05) is 5.02 Å². The number of urea groups is 1.